The van der Waals surface area contributed by atoms with E-state index in [1.165, 1.54) is 12.1 Å². The molecule has 0 radical (unpaired) electrons. The van der Waals surface area contributed by atoms with Crippen molar-refractivity contribution in [2.24, 2.45) is 11.5 Å². The van der Waals surface area contributed by atoms with Crippen molar-refractivity contribution in [1.29, 1.82) is 0 Å². The number of carbonyl (C=O) groups excluding carboxylic acids is 1. The van der Waals surface area contributed by atoms with Crippen molar-refractivity contribution in [2.45, 2.75) is 44.2 Å². The zero-order valence-corrected chi connectivity index (χ0v) is 11.9. The maximum absolute atomic E-state index is 11.4. The first-order chi connectivity index (χ1) is 9.82. The van der Waals surface area contributed by atoms with Gasteiger partial charge in [-0.05, 0) is 37.8 Å². The normalized spacial score (nSPS) is 25.3. The summed E-state index contributed by atoms with van der Waals surface area (Å²) >= 11 is 0. The lowest BCUT2D eigenvalue weighted by Crippen LogP contribution is -2.56. The fourth-order valence-corrected chi connectivity index (χ4v) is 2.59. The lowest BCUT2D eigenvalue weighted by molar-refractivity contribution is -0.385. The number of nitro groups is 1. The van der Waals surface area contributed by atoms with Gasteiger partial charge in [-0.15, -0.1) is 0 Å². The van der Waals surface area contributed by atoms with Gasteiger partial charge in [-0.25, -0.2) is 0 Å². The molecule has 0 aromatic heterocycles. The third-order valence-electron chi connectivity index (χ3n) is 3.91. The van der Waals surface area contributed by atoms with E-state index in [9.17, 15) is 14.9 Å². The van der Waals surface area contributed by atoms with E-state index in [1.54, 1.807) is 6.07 Å². The fraction of sp³-hybridized carbons (Fsp3) is 0.500. The van der Waals surface area contributed by atoms with E-state index < -0.39 is 16.4 Å². The first-order valence-electron chi connectivity index (χ1n) is 6.82. The largest absolute Gasteiger partial charge is 0.490 e. The lowest BCUT2D eigenvalue weighted by atomic mass is 9.80. The van der Waals surface area contributed by atoms with Gasteiger partial charge in [0.05, 0.1) is 16.5 Å². The molecule has 0 heterocycles. The Hall–Kier alpha value is -2.15. The number of benzene rings is 1. The van der Waals surface area contributed by atoms with Crippen LogP contribution in [0.2, 0.25) is 0 Å². The molecule has 1 fully saturated rings. The van der Waals surface area contributed by atoms with Crippen LogP contribution < -0.4 is 16.2 Å². The van der Waals surface area contributed by atoms with Crippen LogP contribution in [0.3, 0.4) is 0 Å². The predicted octanol–water partition coefficient (Wildman–Crippen LogP) is 1.41. The Morgan fingerprint density at radius 1 is 1.52 bits per heavy atom. The number of nitro benzene ring substituents is 1. The van der Waals surface area contributed by atoms with Gasteiger partial charge in [0, 0.05) is 12.5 Å². The molecule has 1 aromatic rings. The molecule has 1 amide bonds. The molecule has 1 saturated carbocycles. The maximum Gasteiger partial charge on any atom is 0.273 e. The number of carbonyl (C=O) groups is 1. The molecule has 2 rings (SSSR count). The van der Waals surface area contributed by atoms with E-state index >= 15 is 0 Å². The van der Waals surface area contributed by atoms with Gasteiger partial charge in [0.25, 0.3) is 5.69 Å². The summed E-state index contributed by atoms with van der Waals surface area (Å²) in [5, 5.41) is 10.8. The maximum atomic E-state index is 11.4. The Kier molecular flexibility index (Phi) is 4.13. The average Bonchev–Trinajstić information content (AvgIpc) is 2.41. The van der Waals surface area contributed by atoms with Crippen molar-refractivity contribution in [1.82, 2.24) is 0 Å². The Balaban J connectivity index is 2.16. The summed E-state index contributed by atoms with van der Waals surface area (Å²) in [6.07, 6.45) is 2.07. The molecule has 7 heteroatoms. The number of nitrogens with zero attached hydrogens (tertiary/aromatic N) is 1. The number of non-ortho nitro benzene ring substituents is 1. The molecule has 1 aliphatic carbocycles. The Bertz CT molecular complexity index is 575. The van der Waals surface area contributed by atoms with Crippen molar-refractivity contribution in [3.8, 4) is 5.75 Å². The molecule has 0 saturated heterocycles. The second kappa shape index (κ2) is 5.69. The van der Waals surface area contributed by atoms with Crippen LogP contribution in [0, 0.1) is 17.0 Å². The highest BCUT2D eigenvalue weighted by molar-refractivity contribution is 5.84. The highest BCUT2D eigenvalue weighted by Crippen LogP contribution is 2.32. The van der Waals surface area contributed by atoms with E-state index in [0.717, 1.165) is 18.4 Å². The number of ether oxygens (including phenoxy) is 1. The molecule has 0 spiro atoms. The van der Waals surface area contributed by atoms with Crippen molar-refractivity contribution in [3.05, 3.63) is 33.9 Å². The standard InChI is InChI=1S/C14H19N3O4/c1-9-4-5-10(17(19)20)7-12(9)21-11-3-2-6-14(16,8-11)13(15)18/h4-5,7,11H,2-3,6,8,16H2,1H3,(H2,15,18). The molecule has 114 valence electrons. The van der Waals surface area contributed by atoms with E-state index in [4.69, 9.17) is 16.2 Å². The molecule has 21 heavy (non-hydrogen) atoms. The monoisotopic (exact) mass is 293 g/mol. The predicted molar refractivity (Wildman–Crippen MR) is 76.8 cm³/mol. The molecule has 1 aliphatic rings. The Labute approximate surface area is 122 Å². The van der Waals surface area contributed by atoms with Crippen LogP contribution in [0.1, 0.15) is 31.2 Å². The van der Waals surface area contributed by atoms with Crippen molar-refractivity contribution in [3.63, 3.8) is 0 Å². The second-order valence-electron chi connectivity index (χ2n) is 5.56. The van der Waals surface area contributed by atoms with Gasteiger partial charge in [0.2, 0.25) is 5.91 Å². The number of hydrogen-bond acceptors (Lipinski definition) is 5. The van der Waals surface area contributed by atoms with Gasteiger partial charge >= 0.3 is 0 Å². The van der Waals surface area contributed by atoms with Crippen LogP contribution in [0.4, 0.5) is 5.69 Å². The Morgan fingerprint density at radius 2 is 2.24 bits per heavy atom. The minimum atomic E-state index is -1.06. The van der Waals surface area contributed by atoms with Crippen molar-refractivity contribution < 1.29 is 14.5 Å². The lowest BCUT2D eigenvalue weighted by Gasteiger charge is -2.35. The van der Waals surface area contributed by atoms with E-state index in [-0.39, 0.29) is 11.8 Å². The highest BCUT2D eigenvalue weighted by Gasteiger charge is 2.38. The van der Waals surface area contributed by atoms with Gasteiger partial charge in [-0.2, -0.15) is 0 Å². The van der Waals surface area contributed by atoms with Crippen LogP contribution in [-0.2, 0) is 4.79 Å². The first-order valence-corrected chi connectivity index (χ1v) is 6.82. The van der Waals surface area contributed by atoms with Crippen LogP contribution in [0.25, 0.3) is 0 Å². The van der Waals surface area contributed by atoms with Crippen LogP contribution in [-0.4, -0.2) is 22.5 Å². The average molecular weight is 293 g/mol. The van der Waals surface area contributed by atoms with Gasteiger partial charge in [-0.3, -0.25) is 14.9 Å². The van der Waals surface area contributed by atoms with E-state index in [2.05, 4.69) is 0 Å². The fourth-order valence-electron chi connectivity index (χ4n) is 2.59. The molecule has 2 atom stereocenters. The molecular formula is C14H19N3O4. The molecule has 4 N–H and O–H groups in total. The summed E-state index contributed by atoms with van der Waals surface area (Å²) < 4.78 is 5.83. The summed E-state index contributed by atoms with van der Waals surface area (Å²) in [4.78, 5) is 21.8. The highest BCUT2D eigenvalue weighted by atomic mass is 16.6. The number of primary amides is 1. The summed E-state index contributed by atoms with van der Waals surface area (Å²) in [6, 6.07) is 4.46. The smallest absolute Gasteiger partial charge is 0.273 e. The van der Waals surface area contributed by atoms with Crippen LogP contribution in [0.5, 0.6) is 5.75 Å². The summed E-state index contributed by atoms with van der Waals surface area (Å²) in [5.74, 6) is -0.0884. The quantitative estimate of drug-likeness (QED) is 0.642. The number of aryl methyl sites for hydroxylation is 1. The van der Waals surface area contributed by atoms with E-state index in [0.29, 0.717) is 18.6 Å². The van der Waals surface area contributed by atoms with Gasteiger partial charge in [0.1, 0.15) is 11.9 Å². The molecule has 2 unspecified atom stereocenters. The SMILES string of the molecule is Cc1ccc([N+](=O)[O-])cc1OC1CCCC(N)(C(N)=O)C1. The third-order valence-corrected chi connectivity index (χ3v) is 3.91. The van der Waals surface area contributed by atoms with Crippen molar-refractivity contribution >= 4 is 11.6 Å². The number of rotatable bonds is 4. The second-order valence-corrected chi connectivity index (χ2v) is 5.56. The number of hydrogen-bond donors (Lipinski definition) is 2. The third kappa shape index (κ3) is 3.30. The Morgan fingerprint density at radius 3 is 2.86 bits per heavy atom. The first kappa shape index (κ1) is 15.2. The molecule has 7 nitrogen and oxygen atoms in total. The van der Waals surface area contributed by atoms with Gasteiger partial charge in [-0.1, -0.05) is 0 Å². The molecular weight excluding hydrogens is 274 g/mol. The van der Waals surface area contributed by atoms with E-state index in [1.807, 2.05) is 6.92 Å². The topological polar surface area (TPSA) is 121 Å². The summed E-state index contributed by atoms with van der Waals surface area (Å²) in [5.41, 5.74) is 11.1. The molecule has 0 bridgehead atoms. The summed E-state index contributed by atoms with van der Waals surface area (Å²) in [7, 11) is 0. The zero-order valence-electron chi connectivity index (χ0n) is 11.9. The molecule has 1 aromatic carbocycles. The molecule has 0 aliphatic heterocycles. The zero-order chi connectivity index (χ0) is 15.6. The van der Waals surface area contributed by atoms with Crippen LogP contribution >= 0.6 is 0 Å². The minimum absolute atomic E-state index is 0.0275. The van der Waals surface area contributed by atoms with Crippen molar-refractivity contribution in [2.75, 3.05) is 0 Å². The number of amides is 1. The minimum Gasteiger partial charge on any atom is -0.490 e. The summed E-state index contributed by atoms with van der Waals surface area (Å²) in [6.45, 7) is 1.81. The van der Waals surface area contributed by atoms with Gasteiger partial charge in [0.15, 0.2) is 0 Å². The van der Waals surface area contributed by atoms with Gasteiger partial charge < -0.3 is 16.2 Å². The van der Waals surface area contributed by atoms with Crippen LogP contribution in [0.15, 0.2) is 18.2 Å². The number of nitrogens with two attached hydrogens (primary N) is 2.